The molecule has 0 saturated heterocycles. The first-order valence-corrected chi connectivity index (χ1v) is 7.48. The van der Waals surface area contributed by atoms with Crippen LogP contribution in [0.5, 0.6) is 0 Å². The standard InChI is InChI=1S/C14H22N2OS/c1-9-7-10(9)13(17)15-6-5-12-16-11(8-18-12)14(2,3)4/h8-10H,5-7H2,1-4H3,(H,15,17)/t9-,10-/m1/s1. The van der Waals surface area contributed by atoms with Gasteiger partial charge in [0.25, 0.3) is 0 Å². The summed E-state index contributed by atoms with van der Waals surface area (Å²) in [5, 5.41) is 6.24. The van der Waals surface area contributed by atoms with Gasteiger partial charge in [-0.05, 0) is 12.3 Å². The molecule has 1 aromatic rings. The lowest BCUT2D eigenvalue weighted by molar-refractivity contribution is -0.122. The van der Waals surface area contributed by atoms with Crippen molar-refractivity contribution in [3.05, 3.63) is 16.1 Å². The molecular weight excluding hydrogens is 244 g/mol. The summed E-state index contributed by atoms with van der Waals surface area (Å²) in [6.07, 6.45) is 1.89. The van der Waals surface area contributed by atoms with Crippen molar-refractivity contribution in [2.75, 3.05) is 6.54 Å². The van der Waals surface area contributed by atoms with Gasteiger partial charge in [0.15, 0.2) is 0 Å². The Balaban J connectivity index is 1.77. The maximum atomic E-state index is 11.6. The highest BCUT2D eigenvalue weighted by molar-refractivity contribution is 7.09. The van der Waals surface area contributed by atoms with Gasteiger partial charge in [-0.1, -0.05) is 27.7 Å². The predicted octanol–water partition coefficient (Wildman–Crippen LogP) is 2.76. The average molecular weight is 266 g/mol. The molecule has 1 amide bonds. The molecule has 0 aliphatic heterocycles. The molecular formula is C14H22N2OS. The number of carbonyl (C=O) groups excluding carboxylic acids is 1. The van der Waals surface area contributed by atoms with Crippen molar-refractivity contribution in [2.24, 2.45) is 11.8 Å². The summed E-state index contributed by atoms with van der Waals surface area (Å²) in [4.78, 5) is 16.3. The molecule has 0 spiro atoms. The summed E-state index contributed by atoms with van der Waals surface area (Å²) in [5.41, 5.74) is 1.26. The summed E-state index contributed by atoms with van der Waals surface area (Å²) in [5.74, 6) is 1.07. The molecule has 0 aromatic carbocycles. The Morgan fingerprint density at radius 3 is 2.72 bits per heavy atom. The highest BCUT2D eigenvalue weighted by Gasteiger charge is 2.38. The minimum atomic E-state index is 0.113. The van der Waals surface area contributed by atoms with Crippen LogP contribution in [0.3, 0.4) is 0 Å². The van der Waals surface area contributed by atoms with Gasteiger partial charge in [-0.25, -0.2) is 4.98 Å². The van der Waals surface area contributed by atoms with E-state index >= 15 is 0 Å². The Hall–Kier alpha value is -0.900. The number of amides is 1. The van der Waals surface area contributed by atoms with Crippen molar-refractivity contribution in [1.29, 1.82) is 0 Å². The molecule has 1 aliphatic rings. The van der Waals surface area contributed by atoms with E-state index in [0.29, 0.717) is 12.5 Å². The minimum absolute atomic E-state index is 0.113. The van der Waals surface area contributed by atoms with Crippen LogP contribution in [0.25, 0.3) is 0 Å². The third-order valence-electron chi connectivity index (χ3n) is 3.40. The summed E-state index contributed by atoms with van der Waals surface area (Å²) < 4.78 is 0. The third-order valence-corrected chi connectivity index (χ3v) is 4.31. The molecule has 0 radical (unpaired) electrons. The van der Waals surface area contributed by atoms with E-state index in [-0.39, 0.29) is 17.2 Å². The summed E-state index contributed by atoms with van der Waals surface area (Å²) in [6.45, 7) is 9.34. The smallest absolute Gasteiger partial charge is 0.223 e. The molecule has 1 fully saturated rings. The zero-order valence-corrected chi connectivity index (χ0v) is 12.4. The fourth-order valence-corrected chi connectivity index (χ4v) is 2.91. The number of nitrogens with one attached hydrogen (secondary N) is 1. The van der Waals surface area contributed by atoms with Crippen molar-refractivity contribution in [1.82, 2.24) is 10.3 Å². The maximum absolute atomic E-state index is 11.6. The van der Waals surface area contributed by atoms with Crippen LogP contribution < -0.4 is 5.32 Å². The lowest BCUT2D eigenvalue weighted by Crippen LogP contribution is -2.27. The van der Waals surface area contributed by atoms with Gasteiger partial charge in [0.05, 0.1) is 10.7 Å². The molecule has 2 atom stereocenters. The Labute approximate surface area is 113 Å². The zero-order valence-electron chi connectivity index (χ0n) is 11.6. The van der Waals surface area contributed by atoms with Gasteiger partial charge >= 0.3 is 0 Å². The number of nitrogens with zero attached hydrogens (tertiary/aromatic N) is 1. The SMILES string of the molecule is C[C@@H]1C[C@H]1C(=O)NCCc1nc(C(C)(C)C)cs1. The van der Waals surface area contributed by atoms with E-state index in [1.54, 1.807) is 11.3 Å². The van der Waals surface area contributed by atoms with Gasteiger partial charge in [-0.2, -0.15) is 0 Å². The van der Waals surface area contributed by atoms with Gasteiger partial charge < -0.3 is 5.32 Å². The van der Waals surface area contributed by atoms with Crippen LogP contribution in [0.2, 0.25) is 0 Å². The normalized spacial score (nSPS) is 22.9. The van der Waals surface area contributed by atoms with Crippen molar-refractivity contribution in [3.8, 4) is 0 Å². The Morgan fingerprint density at radius 2 is 2.22 bits per heavy atom. The van der Waals surface area contributed by atoms with Gasteiger partial charge in [0, 0.05) is 29.7 Å². The molecule has 1 heterocycles. The number of thiazole rings is 1. The van der Waals surface area contributed by atoms with E-state index in [4.69, 9.17) is 0 Å². The van der Waals surface area contributed by atoms with Crippen LogP contribution in [0.4, 0.5) is 0 Å². The van der Waals surface area contributed by atoms with Gasteiger partial charge in [0.1, 0.15) is 0 Å². The highest BCUT2D eigenvalue weighted by Crippen LogP contribution is 2.37. The van der Waals surface area contributed by atoms with Crippen LogP contribution >= 0.6 is 11.3 Å². The van der Waals surface area contributed by atoms with E-state index in [2.05, 4.69) is 43.4 Å². The summed E-state index contributed by atoms with van der Waals surface area (Å²) in [6, 6.07) is 0. The van der Waals surface area contributed by atoms with Crippen LogP contribution in [0, 0.1) is 11.8 Å². The fourth-order valence-electron chi connectivity index (χ4n) is 1.88. The maximum Gasteiger partial charge on any atom is 0.223 e. The fraction of sp³-hybridized carbons (Fsp3) is 0.714. The van der Waals surface area contributed by atoms with E-state index in [1.165, 1.54) is 0 Å². The molecule has 18 heavy (non-hydrogen) atoms. The van der Waals surface area contributed by atoms with E-state index in [9.17, 15) is 4.79 Å². The predicted molar refractivity (Wildman–Crippen MR) is 74.8 cm³/mol. The first-order chi connectivity index (χ1) is 8.38. The van der Waals surface area contributed by atoms with Crippen LogP contribution in [0.1, 0.15) is 44.8 Å². The lowest BCUT2D eigenvalue weighted by atomic mass is 9.93. The van der Waals surface area contributed by atoms with Gasteiger partial charge in [-0.3, -0.25) is 4.79 Å². The van der Waals surface area contributed by atoms with Crippen LogP contribution in [0.15, 0.2) is 5.38 Å². The number of hydrogen-bond donors (Lipinski definition) is 1. The monoisotopic (exact) mass is 266 g/mol. The van der Waals surface area contributed by atoms with Crippen molar-refractivity contribution < 1.29 is 4.79 Å². The molecule has 100 valence electrons. The molecule has 1 saturated carbocycles. The van der Waals surface area contributed by atoms with Crippen molar-refractivity contribution in [2.45, 2.75) is 46.0 Å². The molecule has 0 unspecified atom stereocenters. The Bertz CT molecular complexity index is 433. The molecule has 1 aliphatic carbocycles. The lowest BCUT2D eigenvalue weighted by Gasteiger charge is -2.14. The third kappa shape index (κ3) is 3.31. The second kappa shape index (κ2) is 5.00. The quantitative estimate of drug-likeness (QED) is 0.910. The van der Waals surface area contributed by atoms with E-state index in [1.807, 2.05) is 0 Å². The zero-order chi connectivity index (χ0) is 13.3. The van der Waals surface area contributed by atoms with Crippen LogP contribution in [-0.4, -0.2) is 17.4 Å². The Kier molecular flexibility index (Phi) is 3.76. The number of carbonyl (C=O) groups is 1. The minimum Gasteiger partial charge on any atom is -0.355 e. The second-order valence-corrected chi connectivity index (χ2v) is 7.18. The summed E-state index contributed by atoms with van der Waals surface area (Å²) in [7, 11) is 0. The second-order valence-electron chi connectivity index (χ2n) is 6.24. The Morgan fingerprint density at radius 1 is 1.56 bits per heavy atom. The molecule has 1 N–H and O–H groups in total. The molecule has 1 aromatic heterocycles. The van der Waals surface area contributed by atoms with Crippen molar-refractivity contribution >= 4 is 17.2 Å². The highest BCUT2D eigenvalue weighted by atomic mass is 32.1. The first kappa shape index (κ1) is 13.5. The summed E-state index contributed by atoms with van der Waals surface area (Å²) >= 11 is 1.69. The van der Waals surface area contributed by atoms with E-state index < -0.39 is 0 Å². The molecule has 2 rings (SSSR count). The number of rotatable bonds is 4. The average Bonchev–Trinajstić information content (AvgIpc) is 2.80. The van der Waals surface area contributed by atoms with E-state index in [0.717, 1.165) is 23.5 Å². The van der Waals surface area contributed by atoms with Gasteiger partial charge in [0.2, 0.25) is 5.91 Å². The van der Waals surface area contributed by atoms with Crippen molar-refractivity contribution in [3.63, 3.8) is 0 Å². The first-order valence-electron chi connectivity index (χ1n) is 6.60. The molecule has 0 bridgehead atoms. The number of hydrogen-bond acceptors (Lipinski definition) is 3. The number of aromatic nitrogens is 1. The molecule has 4 heteroatoms. The van der Waals surface area contributed by atoms with Crippen LogP contribution in [-0.2, 0) is 16.6 Å². The topological polar surface area (TPSA) is 42.0 Å². The van der Waals surface area contributed by atoms with Gasteiger partial charge in [-0.15, -0.1) is 11.3 Å². The molecule has 3 nitrogen and oxygen atoms in total. The largest absolute Gasteiger partial charge is 0.355 e.